The zero-order valence-electron chi connectivity index (χ0n) is 17.8. The SMILES string of the molecule is Cc1ccc(SC(Cc2ccc(OCCNC(=O)OC(C)(C)C)cc2)C(=O)O)cc1. The van der Waals surface area contributed by atoms with Crippen molar-refractivity contribution in [3.05, 3.63) is 59.7 Å². The van der Waals surface area contributed by atoms with E-state index in [4.69, 9.17) is 9.47 Å². The van der Waals surface area contributed by atoms with Crippen molar-refractivity contribution < 1.29 is 24.2 Å². The Balaban J connectivity index is 1.81. The third kappa shape index (κ3) is 8.78. The number of aryl methyl sites for hydroxylation is 1. The molecule has 0 saturated carbocycles. The number of carboxylic acids is 1. The second-order valence-electron chi connectivity index (χ2n) is 7.88. The monoisotopic (exact) mass is 431 g/mol. The zero-order chi connectivity index (χ0) is 22.1. The van der Waals surface area contributed by atoms with E-state index in [0.717, 1.165) is 16.0 Å². The van der Waals surface area contributed by atoms with E-state index in [1.54, 1.807) is 32.9 Å². The molecule has 2 aromatic carbocycles. The Hall–Kier alpha value is -2.67. The lowest BCUT2D eigenvalue weighted by molar-refractivity contribution is -0.136. The van der Waals surface area contributed by atoms with Crippen LogP contribution in [0.15, 0.2) is 53.4 Å². The average Bonchev–Trinajstić information content (AvgIpc) is 2.66. The summed E-state index contributed by atoms with van der Waals surface area (Å²) in [5, 5.41) is 11.6. The molecule has 1 unspecified atom stereocenters. The molecule has 0 saturated heterocycles. The summed E-state index contributed by atoms with van der Waals surface area (Å²) >= 11 is 1.34. The van der Waals surface area contributed by atoms with Crippen molar-refractivity contribution >= 4 is 23.8 Å². The molecule has 0 aliphatic rings. The second-order valence-corrected chi connectivity index (χ2v) is 9.16. The molecule has 0 heterocycles. The van der Waals surface area contributed by atoms with Gasteiger partial charge in [0.25, 0.3) is 0 Å². The minimum absolute atomic E-state index is 0.305. The first-order valence-corrected chi connectivity index (χ1v) is 10.6. The first-order valence-electron chi connectivity index (χ1n) is 9.77. The number of hydrogen-bond donors (Lipinski definition) is 2. The van der Waals surface area contributed by atoms with E-state index in [9.17, 15) is 14.7 Å². The first-order chi connectivity index (χ1) is 14.1. The maximum atomic E-state index is 11.7. The van der Waals surface area contributed by atoms with Gasteiger partial charge in [-0.25, -0.2) is 4.79 Å². The van der Waals surface area contributed by atoms with Crippen LogP contribution < -0.4 is 10.1 Å². The molecule has 1 amide bonds. The number of benzene rings is 2. The molecule has 0 spiro atoms. The Morgan fingerprint density at radius 3 is 2.27 bits per heavy atom. The van der Waals surface area contributed by atoms with Crippen LogP contribution in [0.4, 0.5) is 4.79 Å². The quantitative estimate of drug-likeness (QED) is 0.443. The van der Waals surface area contributed by atoms with Crippen molar-refractivity contribution in [2.75, 3.05) is 13.2 Å². The van der Waals surface area contributed by atoms with Crippen LogP contribution in [0.3, 0.4) is 0 Å². The van der Waals surface area contributed by atoms with Gasteiger partial charge in [-0.3, -0.25) is 4.79 Å². The maximum Gasteiger partial charge on any atom is 0.407 e. The molecule has 0 aliphatic heterocycles. The van der Waals surface area contributed by atoms with Crippen LogP contribution in [-0.4, -0.2) is 41.2 Å². The Morgan fingerprint density at radius 1 is 1.07 bits per heavy atom. The largest absolute Gasteiger partial charge is 0.492 e. The van der Waals surface area contributed by atoms with Crippen LogP contribution in [0.5, 0.6) is 5.75 Å². The van der Waals surface area contributed by atoms with Gasteiger partial charge in [0, 0.05) is 4.90 Å². The third-order valence-corrected chi connectivity index (χ3v) is 5.16. The number of ether oxygens (including phenoxy) is 2. The fourth-order valence-electron chi connectivity index (χ4n) is 2.53. The van der Waals surface area contributed by atoms with Gasteiger partial charge in [0.2, 0.25) is 0 Å². The second kappa shape index (κ2) is 10.9. The molecular weight excluding hydrogens is 402 g/mol. The van der Waals surface area contributed by atoms with Gasteiger partial charge in [0.15, 0.2) is 0 Å². The van der Waals surface area contributed by atoms with Crippen LogP contribution in [0.1, 0.15) is 31.9 Å². The minimum Gasteiger partial charge on any atom is -0.492 e. The number of thioether (sulfide) groups is 1. The van der Waals surface area contributed by atoms with Gasteiger partial charge in [0.05, 0.1) is 6.54 Å². The summed E-state index contributed by atoms with van der Waals surface area (Å²) in [6.45, 7) is 8.04. The van der Waals surface area contributed by atoms with Crippen LogP contribution in [0.2, 0.25) is 0 Å². The molecule has 0 radical (unpaired) electrons. The van der Waals surface area contributed by atoms with Gasteiger partial charge in [-0.15, -0.1) is 11.8 Å². The molecule has 0 bridgehead atoms. The Morgan fingerprint density at radius 2 is 1.70 bits per heavy atom. The highest BCUT2D eigenvalue weighted by Gasteiger charge is 2.19. The lowest BCUT2D eigenvalue weighted by Crippen LogP contribution is -2.34. The summed E-state index contributed by atoms with van der Waals surface area (Å²) in [5.74, 6) is -0.183. The summed E-state index contributed by atoms with van der Waals surface area (Å²) in [6, 6.07) is 15.2. The van der Waals surface area contributed by atoms with E-state index in [-0.39, 0.29) is 0 Å². The molecule has 0 fully saturated rings. The minimum atomic E-state index is -0.839. The molecule has 2 aromatic rings. The lowest BCUT2D eigenvalue weighted by Gasteiger charge is -2.19. The highest BCUT2D eigenvalue weighted by atomic mass is 32.2. The average molecular weight is 432 g/mol. The summed E-state index contributed by atoms with van der Waals surface area (Å²) < 4.78 is 10.8. The number of carbonyl (C=O) groups excluding carboxylic acids is 1. The Labute approximate surface area is 182 Å². The summed E-state index contributed by atoms with van der Waals surface area (Å²) in [5.41, 5.74) is 1.52. The van der Waals surface area contributed by atoms with E-state index in [0.29, 0.717) is 25.3 Å². The normalized spacial score (nSPS) is 12.1. The number of amides is 1. The Kier molecular flexibility index (Phi) is 8.59. The van der Waals surface area contributed by atoms with Gasteiger partial charge in [-0.05, 0) is 63.9 Å². The summed E-state index contributed by atoms with van der Waals surface area (Å²) in [7, 11) is 0. The number of rotatable bonds is 9. The fourth-order valence-corrected chi connectivity index (χ4v) is 3.53. The standard InChI is InChI=1S/C23H29NO5S/c1-16-5-11-19(12-6-16)30-20(21(25)26)15-17-7-9-18(10-8-17)28-14-13-24-22(27)29-23(2,3)4/h5-12,20H,13-15H2,1-4H3,(H,24,27)(H,25,26). The Bertz CT molecular complexity index is 828. The van der Waals surface area contributed by atoms with Crippen LogP contribution in [0, 0.1) is 6.92 Å². The number of alkyl carbamates (subject to hydrolysis) is 1. The maximum absolute atomic E-state index is 11.7. The van der Waals surface area contributed by atoms with E-state index in [1.807, 2.05) is 43.3 Å². The molecule has 162 valence electrons. The number of hydrogen-bond acceptors (Lipinski definition) is 5. The number of nitrogens with one attached hydrogen (secondary N) is 1. The first kappa shape index (κ1) is 23.6. The van der Waals surface area contributed by atoms with Crippen molar-refractivity contribution in [3.63, 3.8) is 0 Å². The highest BCUT2D eigenvalue weighted by molar-refractivity contribution is 8.00. The van der Waals surface area contributed by atoms with Crippen molar-refractivity contribution in [2.45, 2.75) is 49.9 Å². The van der Waals surface area contributed by atoms with Crippen molar-refractivity contribution in [2.24, 2.45) is 0 Å². The molecule has 0 aromatic heterocycles. The summed E-state index contributed by atoms with van der Waals surface area (Å²) in [4.78, 5) is 24.2. The molecule has 2 rings (SSSR count). The molecule has 30 heavy (non-hydrogen) atoms. The lowest BCUT2D eigenvalue weighted by atomic mass is 10.1. The third-order valence-electron chi connectivity index (χ3n) is 3.96. The number of carbonyl (C=O) groups is 2. The van der Waals surface area contributed by atoms with E-state index < -0.39 is 22.9 Å². The van der Waals surface area contributed by atoms with Crippen LogP contribution in [-0.2, 0) is 16.0 Å². The van der Waals surface area contributed by atoms with Gasteiger partial charge < -0.3 is 19.9 Å². The number of aliphatic carboxylic acids is 1. The predicted molar refractivity (Wildman–Crippen MR) is 118 cm³/mol. The van der Waals surface area contributed by atoms with E-state index in [2.05, 4.69) is 5.32 Å². The van der Waals surface area contributed by atoms with Crippen molar-refractivity contribution in [1.82, 2.24) is 5.32 Å². The smallest absolute Gasteiger partial charge is 0.407 e. The fraction of sp³-hybridized carbons (Fsp3) is 0.391. The van der Waals surface area contributed by atoms with Gasteiger partial charge in [0.1, 0.15) is 23.2 Å². The summed E-state index contributed by atoms with van der Waals surface area (Å²) in [6.07, 6.45) is -0.0683. The number of carboxylic acid groups (broad SMARTS) is 1. The molecule has 6 nitrogen and oxygen atoms in total. The highest BCUT2D eigenvalue weighted by Crippen LogP contribution is 2.27. The molecule has 1 atom stereocenters. The van der Waals surface area contributed by atoms with E-state index >= 15 is 0 Å². The topological polar surface area (TPSA) is 84.9 Å². The van der Waals surface area contributed by atoms with Gasteiger partial charge >= 0.3 is 12.1 Å². The van der Waals surface area contributed by atoms with Crippen LogP contribution >= 0.6 is 11.8 Å². The molecular formula is C23H29NO5S. The zero-order valence-corrected chi connectivity index (χ0v) is 18.6. The predicted octanol–water partition coefficient (Wildman–Crippen LogP) is 4.69. The molecule has 2 N–H and O–H groups in total. The van der Waals surface area contributed by atoms with Crippen LogP contribution in [0.25, 0.3) is 0 Å². The van der Waals surface area contributed by atoms with Gasteiger partial charge in [-0.2, -0.15) is 0 Å². The van der Waals surface area contributed by atoms with Crippen molar-refractivity contribution in [1.29, 1.82) is 0 Å². The van der Waals surface area contributed by atoms with E-state index in [1.165, 1.54) is 11.8 Å². The van der Waals surface area contributed by atoms with Gasteiger partial charge in [-0.1, -0.05) is 29.8 Å². The van der Waals surface area contributed by atoms with Crippen molar-refractivity contribution in [3.8, 4) is 5.75 Å². The molecule has 0 aliphatic carbocycles. The molecule has 7 heteroatoms.